The van der Waals surface area contributed by atoms with Crippen molar-refractivity contribution in [3.63, 3.8) is 0 Å². The number of hydrogen-bond acceptors (Lipinski definition) is 5. The van der Waals surface area contributed by atoms with Crippen molar-refractivity contribution in [3.05, 3.63) is 81.2 Å². The number of thiophene rings is 1. The highest BCUT2D eigenvalue weighted by Crippen LogP contribution is 2.29. The molecule has 0 radical (unpaired) electrons. The summed E-state index contributed by atoms with van der Waals surface area (Å²) in [6.07, 6.45) is 0. The molecule has 0 fully saturated rings. The van der Waals surface area contributed by atoms with Crippen molar-refractivity contribution in [1.29, 1.82) is 0 Å². The Morgan fingerprint density at radius 3 is 2.79 bits per heavy atom. The Labute approximate surface area is 169 Å². The molecule has 0 saturated heterocycles. The lowest BCUT2D eigenvalue weighted by Crippen LogP contribution is -2.22. The summed E-state index contributed by atoms with van der Waals surface area (Å²) in [6, 6.07) is 15.8. The Morgan fingerprint density at radius 1 is 1.18 bits per heavy atom. The number of thioether (sulfide) groups is 1. The Balaban J connectivity index is 1.83. The van der Waals surface area contributed by atoms with Crippen LogP contribution in [0, 0.1) is 12.7 Å². The smallest absolute Gasteiger partial charge is 0.267 e. The van der Waals surface area contributed by atoms with Gasteiger partial charge in [-0.15, -0.1) is 11.3 Å². The van der Waals surface area contributed by atoms with Crippen LogP contribution in [-0.4, -0.2) is 16.7 Å². The fourth-order valence-corrected chi connectivity index (χ4v) is 4.80. The highest BCUT2D eigenvalue weighted by molar-refractivity contribution is 7.98. The van der Waals surface area contributed by atoms with Crippen molar-refractivity contribution in [2.75, 3.05) is 7.11 Å². The zero-order valence-electron chi connectivity index (χ0n) is 15.3. The molecule has 28 heavy (non-hydrogen) atoms. The Kier molecular flexibility index (Phi) is 5.19. The topological polar surface area (TPSA) is 44.1 Å². The van der Waals surface area contributed by atoms with Crippen LogP contribution in [0.1, 0.15) is 10.4 Å². The lowest BCUT2D eigenvalue weighted by molar-refractivity contribution is 0.414. The van der Waals surface area contributed by atoms with Gasteiger partial charge in [0.2, 0.25) is 0 Å². The molecule has 0 aliphatic rings. The Morgan fingerprint density at radius 2 is 2.00 bits per heavy atom. The number of hydrogen-bond donors (Lipinski definition) is 0. The number of benzene rings is 2. The van der Waals surface area contributed by atoms with E-state index in [4.69, 9.17) is 4.74 Å². The standard InChI is InChI=1S/C21H17FN2O2S2/c1-13-10-16-19(28-13)23-21(27-12-14-6-5-7-15(11-14)26-2)24(20(16)25)18-9-4-3-8-17(18)22/h3-11H,12H2,1-2H3. The van der Waals surface area contributed by atoms with Gasteiger partial charge in [-0.2, -0.15) is 0 Å². The van der Waals surface area contributed by atoms with Gasteiger partial charge in [0.1, 0.15) is 16.4 Å². The van der Waals surface area contributed by atoms with Crippen molar-refractivity contribution in [2.45, 2.75) is 17.8 Å². The molecule has 0 bridgehead atoms. The minimum Gasteiger partial charge on any atom is -0.497 e. The number of aryl methyl sites for hydroxylation is 1. The average molecular weight is 413 g/mol. The number of aromatic nitrogens is 2. The average Bonchev–Trinajstić information content (AvgIpc) is 3.08. The number of fused-ring (bicyclic) bond motifs is 1. The van der Waals surface area contributed by atoms with Gasteiger partial charge < -0.3 is 4.74 Å². The molecule has 2 aromatic carbocycles. The fraction of sp³-hybridized carbons (Fsp3) is 0.143. The second-order valence-electron chi connectivity index (χ2n) is 6.20. The van der Waals surface area contributed by atoms with E-state index < -0.39 is 5.82 Å². The van der Waals surface area contributed by atoms with Crippen LogP contribution in [0.3, 0.4) is 0 Å². The van der Waals surface area contributed by atoms with Gasteiger partial charge >= 0.3 is 0 Å². The molecule has 7 heteroatoms. The predicted molar refractivity (Wildman–Crippen MR) is 112 cm³/mol. The summed E-state index contributed by atoms with van der Waals surface area (Å²) in [5, 5.41) is 0.976. The van der Waals surface area contributed by atoms with E-state index >= 15 is 0 Å². The number of para-hydroxylation sites is 1. The largest absolute Gasteiger partial charge is 0.497 e. The lowest BCUT2D eigenvalue weighted by atomic mass is 10.2. The van der Waals surface area contributed by atoms with Crippen LogP contribution in [-0.2, 0) is 5.75 Å². The second-order valence-corrected chi connectivity index (χ2v) is 8.38. The van der Waals surface area contributed by atoms with Gasteiger partial charge in [0.15, 0.2) is 5.16 Å². The van der Waals surface area contributed by atoms with E-state index in [-0.39, 0.29) is 11.2 Å². The number of halogens is 1. The molecule has 4 rings (SSSR count). The van der Waals surface area contributed by atoms with Gasteiger partial charge in [-0.3, -0.25) is 9.36 Å². The summed E-state index contributed by atoms with van der Waals surface area (Å²) in [4.78, 5) is 19.5. The monoisotopic (exact) mass is 412 g/mol. The van der Waals surface area contributed by atoms with Gasteiger partial charge in [0, 0.05) is 10.6 Å². The van der Waals surface area contributed by atoms with Gasteiger partial charge in [0.25, 0.3) is 5.56 Å². The molecule has 0 spiro atoms. The molecule has 0 unspecified atom stereocenters. The number of ether oxygens (including phenoxy) is 1. The van der Waals surface area contributed by atoms with Crippen LogP contribution in [0.15, 0.2) is 64.5 Å². The van der Waals surface area contributed by atoms with Crippen LogP contribution >= 0.6 is 23.1 Å². The van der Waals surface area contributed by atoms with Crippen molar-refractivity contribution < 1.29 is 9.13 Å². The maximum Gasteiger partial charge on any atom is 0.267 e. The Bertz CT molecular complexity index is 1220. The maximum atomic E-state index is 14.5. The molecular formula is C21H17FN2O2S2. The minimum atomic E-state index is -0.457. The molecule has 0 aliphatic carbocycles. The third-order valence-electron chi connectivity index (χ3n) is 4.25. The molecule has 4 aromatic rings. The molecular weight excluding hydrogens is 395 g/mol. The molecule has 2 aromatic heterocycles. The van der Waals surface area contributed by atoms with Crippen LogP contribution in [0.25, 0.3) is 15.9 Å². The van der Waals surface area contributed by atoms with Crippen molar-refractivity contribution in [2.24, 2.45) is 0 Å². The molecule has 0 atom stereocenters. The van der Waals surface area contributed by atoms with E-state index in [1.807, 2.05) is 37.3 Å². The first-order valence-corrected chi connectivity index (χ1v) is 10.4. The van der Waals surface area contributed by atoms with Crippen LogP contribution in [0.2, 0.25) is 0 Å². The molecule has 0 saturated carbocycles. The molecule has 0 N–H and O–H groups in total. The molecule has 4 nitrogen and oxygen atoms in total. The summed E-state index contributed by atoms with van der Waals surface area (Å²) in [7, 11) is 1.62. The van der Waals surface area contributed by atoms with Crippen LogP contribution in [0.4, 0.5) is 4.39 Å². The van der Waals surface area contributed by atoms with Crippen molar-refractivity contribution >= 4 is 33.3 Å². The van der Waals surface area contributed by atoms with Gasteiger partial charge in [-0.25, -0.2) is 9.37 Å². The summed E-state index contributed by atoms with van der Waals surface area (Å²) < 4.78 is 21.1. The molecule has 142 valence electrons. The number of methoxy groups -OCH3 is 1. The van der Waals surface area contributed by atoms with E-state index in [2.05, 4.69) is 4.98 Å². The molecule has 0 aliphatic heterocycles. The van der Waals surface area contributed by atoms with Crippen LogP contribution in [0.5, 0.6) is 5.75 Å². The van der Waals surface area contributed by atoms with E-state index in [1.54, 1.807) is 25.3 Å². The van der Waals surface area contributed by atoms with E-state index in [0.717, 1.165) is 16.2 Å². The third-order valence-corrected chi connectivity index (χ3v) is 6.21. The number of nitrogens with zero attached hydrogens (tertiary/aromatic N) is 2. The number of rotatable bonds is 5. The zero-order valence-corrected chi connectivity index (χ0v) is 16.9. The third kappa shape index (κ3) is 3.55. The van der Waals surface area contributed by atoms with E-state index in [9.17, 15) is 9.18 Å². The van der Waals surface area contributed by atoms with Crippen molar-refractivity contribution in [1.82, 2.24) is 9.55 Å². The zero-order chi connectivity index (χ0) is 19.7. The first-order valence-electron chi connectivity index (χ1n) is 8.60. The van der Waals surface area contributed by atoms with E-state index in [1.165, 1.54) is 33.7 Å². The van der Waals surface area contributed by atoms with Gasteiger partial charge in [0.05, 0.1) is 18.2 Å². The maximum absolute atomic E-state index is 14.5. The van der Waals surface area contributed by atoms with Crippen LogP contribution < -0.4 is 10.3 Å². The summed E-state index contributed by atoms with van der Waals surface area (Å²) in [6.45, 7) is 1.93. The van der Waals surface area contributed by atoms with Crippen molar-refractivity contribution in [3.8, 4) is 11.4 Å². The first-order chi connectivity index (χ1) is 13.6. The summed E-state index contributed by atoms with van der Waals surface area (Å²) >= 11 is 2.86. The normalized spacial score (nSPS) is 11.1. The van der Waals surface area contributed by atoms with Gasteiger partial charge in [-0.05, 0) is 42.8 Å². The predicted octanol–water partition coefficient (Wildman–Crippen LogP) is 5.20. The quantitative estimate of drug-likeness (QED) is 0.334. The second kappa shape index (κ2) is 7.77. The first kappa shape index (κ1) is 18.7. The summed E-state index contributed by atoms with van der Waals surface area (Å²) in [5.74, 6) is 0.886. The SMILES string of the molecule is COc1cccc(CSc2nc3sc(C)cc3c(=O)n2-c2ccccc2F)c1. The fourth-order valence-electron chi connectivity index (χ4n) is 2.93. The van der Waals surface area contributed by atoms with E-state index in [0.29, 0.717) is 21.1 Å². The lowest BCUT2D eigenvalue weighted by Gasteiger charge is -2.13. The molecule has 2 heterocycles. The summed E-state index contributed by atoms with van der Waals surface area (Å²) in [5.41, 5.74) is 0.979. The molecule has 0 amide bonds. The highest BCUT2D eigenvalue weighted by atomic mass is 32.2. The Hall–Kier alpha value is -2.64. The highest BCUT2D eigenvalue weighted by Gasteiger charge is 2.17. The minimum absolute atomic E-state index is 0.207. The van der Waals surface area contributed by atoms with Gasteiger partial charge in [-0.1, -0.05) is 36.0 Å².